The van der Waals surface area contributed by atoms with E-state index in [-0.39, 0.29) is 32.2 Å². The lowest BCUT2D eigenvalue weighted by atomic mass is 10.0. The number of quaternary nitrogens is 1. The largest absolute Gasteiger partial charge is 0.545 e. The van der Waals surface area contributed by atoms with Crippen LogP contribution >= 0.6 is 0 Å². The highest BCUT2D eigenvalue weighted by atomic mass is 16.7. The van der Waals surface area contributed by atoms with Crippen LogP contribution in [0.15, 0.2) is 85.1 Å². The molecule has 0 N–H and O–H groups in total. The molecule has 103 heavy (non-hydrogen) atoms. The lowest BCUT2D eigenvalue weighted by Gasteiger charge is -2.26. The second-order valence-corrected chi connectivity index (χ2v) is 31.5. The normalized spacial score (nSPS) is 13.0. The molecule has 0 saturated carbocycles. The Hall–Kier alpha value is -3.53. The maximum Gasteiger partial charge on any atom is 0.306 e. The van der Waals surface area contributed by atoms with E-state index in [2.05, 4.69) is 98.9 Å². The van der Waals surface area contributed by atoms with Gasteiger partial charge in [0.25, 0.3) is 0 Å². The van der Waals surface area contributed by atoms with Gasteiger partial charge in [0, 0.05) is 12.8 Å². The molecule has 0 aliphatic carbocycles. The van der Waals surface area contributed by atoms with Crippen LogP contribution in [0.4, 0.5) is 0 Å². The van der Waals surface area contributed by atoms with Crippen LogP contribution < -0.4 is 5.11 Å². The molecule has 0 fully saturated rings. The third-order valence-electron chi connectivity index (χ3n) is 20.2. The predicted octanol–water partition coefficient (Wildman–Crippen LogP) is 27.9. The summed E-state index contributed by atoms with van der Waals surface area (Å²) in [5.74, 6) is -2.25. The molecule has 0 amide bonds. The van der Waals surface area contributed by atoms with Crippen LogP contribution in [-0.4, -0.2) is 82.3 Å². The maximum atomic E-state index is 13.0. The van der Waals surface area contributed by atoms with Gasteiger partial charge in [0.2, 0.25) is 0 Å². The van der Waals surface area contributed by atoms with Crippen LogP contribution in [0.25, 0.3) is 0 Å². The highest BCUT2D eigenvalue weighted by Crippen LogP contribution is 2.21. The highest BCUT2D eigenvalue weighted by molar-refractivity contribution is 5.70. The van der Waals surface area contributed by atoms with Crippen LogP contribution in [0, 0.1) is 0 Å². The fourth-order valence-corrected chi connectivity index (χ4v) is 13.4. The summed E-state index contributed by atoms with van der Waals surface area (Å²) in [5.41, 5.74) is 0. The smallest absolute Gasteiger partial charge is 0.306 e. The first-order chi connectivity index (χ1) is 50.6. The molecule has 600 valence electrons. The number of hydrogen-bond donors (Lipinski definition) is 0. The first-order valence-corrected chi connectivity index (χ1v) is 44.7. The number of hydrogen-bond acceptors (Lipinski definition) is 8. The molecule has 0 bridgehead atoms. The lowest BCUT2D eigenvalue weighted by Crippen LogP contribution is -2.44. The van der Waals surface area contributed by atoms with E-state index in [9.17, 15) is 19.5 Å². The quantitative estimate of drug-likeness (QED) is 0.0195. The maximum absolute atomic E-state index is 13.0. The van der Waals surface area contributed by atoms with Crippen molar-refractivity contribution in [1.82, 2.24) is 0 Å². The topological polar surface area (TPSA) is 111 Å². The van der Waals surface area contributed by atoms with Crippen molar-refractivity contribution in [3.63, 3.8) is 0 Å². The van der Waals surface area contributed by atoms with Crippen molar-refractivity contribution in [2.45, 2.75) is 450 Å². The fraction of sp³-hybridized carbons (Fsp3) is 0.819. The van der Waals surface area contributed by atoms with Crippen molar-refractivity contribution >= 4 is 17.9 Å². The molecule has 0 aliphatic rings. The Morgan fingerprint density at radius 2 is 0.553 bits per heavy atom. The predicted molar refractivity (Wildman–Crippen MR) is 444 cm³/mol. The third-order valence-corrected chi connectivity index (χ3v) is 20.2. The number of carbonyl (C=O) groups excluding carboxylic acids is 3. The number of aliphatic carboxylic acids is 1. The molecule has 9 heteroatoms. The molecule has 0 aromatic rings. The first-order valence-electron chi connectivity index (χ1n) is 44.7. The molecule has 0 aromatic carbocycles. The number of carboxylic acid groups (broad SMARTS) is 1. The zero-order valence-electron chi connectivity index (χ0n) is 68.9. The second-order valence-electron chi connectivity index (χ2n) is 31.5. The number of allylic oxidation sites excluding steroid dienone is 14. The summed E-state index contributed by atoms with van der Waals surface area (Å²) in [5, 5.41) is 11.9. The molecular weight excluding hydrogens is 1270 g/mol. The molecule has 0 spiro atoms. The number of ether oxygens (including phenoxy) is 4. The summed E-state index contributed by atoms with van der Waals surface area (Å²) in [4.78, 5) is 37.7. The molecule has 2 unspecified atom stereocenters. The lowest BCUT2D eigenvalue weighted by molar-refractivity contribution is -0.870. The number of carbonyl (C=O) groups is 3. The molecule has 2 atom stereocenters. The summed E-state index contributed by atoms with van der Waals surface area (Å²) >= 11 is 0. The van der Waals surface area contributed by atoms with Gasteiger partial charge in [0.1, 0.15) is 13.2 Å². The Morgan fingerprint density at radius 3 is 0.825 bits per heavy atom. The van der Waals surface area contributed by atoms with Gasteiger partial charge in [-0.15, -0.1) is 0 Å². The van der Waals surface area contributed by atoms with E-state index in [1.807, 2.05) is 21.1 Å². The van der Waals surface area contributed by atoms with Crippen molar-refractivity contribution in [2.75, 3.05) is 47.5 Å². The van der Waals surface area contributed by atoms with Gasteiger partial charge in [-0.1, -0.05) is 439 Å². The number of nitrogens with zero attached hydrogens (tertiary/aromatic N) is 1. The fourth-order valence-electron chi connectivity index (χ4n) is 13.4. The van der Waals surface area contributed by atoms with Gasteiger partial charge in [0.05, 0.1) is 40.3 Å². The van der Waals surface area contributed by atoms with Crippen LogP contribution in [0.3, 0.4) is 0 Å². The van der Waals surface area contributed by atoms with E-state index < -0.39 is 24.3 Å². The minimum absolute atomic E-state index is 0.149. The number of unbranched alkanes of at least 4 members (excludes halogenated alkanes) is 55. The molecule has 0 aliphatic heterocycles. The van der Waals surface area contributed by atoms with Crippen LogP contribution in [0.5, 0.6) is 0 Å². The molecule has 9 nitrogen and oxygen atoms in total. The molecule has 0 heterocycles. The van der Waals surface area contributed by atoms with E-state index >= 15 is 0 Å². The summed E-state index contributed by atoms with van der Waals surface area (Å²) in [7, 11) is 5.95. The summed E-state index contributed by atoms with van der Waals surface area (Å²) in [6, 6.07) is 0. The average molecular weight is 1440 g/mol. The van der Waals surface area contributed by atoms with Gasteiger partial charge in [-0.05, 0) is 70.6 Å². The van der Waals surface area contributed by atoms with Crippen LogP contribution in [0.1, 0.15) is 438 Å². The van der Waals surface area contributed by atoms with E-state index in [4.69, 9.17) is 18.9 Å². The SMILES string of the molecule is CC/C=C\C/C=C\C/C=C\C/C=C\C/C=C\C/C=C\C/C=C\CCCCCCCCCCCCCCCCCCCCCC(=O)OC(COC(=O)CCCCCCCCCCCCCCCCCCCCCCCCCCCCCCCCCCCCCCC)COC(OCC[N+](C)(C)C)C(=O)[O-]. The first kappa shape index (κ1) is 99.5. The standard InChI is InChI=1S/C94H171NO8/c1-6-8-10-12-14-16-18-20-22-24-26-28-30-32-34-36-38-40-42-44-45-46-47-49-51-53-55-57-59-61-63-65-67-69-71-73-75-77-79-81-83-85-92(97)103-90(89-102-94(93(98)99)100-87-86-95(3,4)5)88-101-91(96)84-82-80-78-76-74-72-70-68-66-64-62-60-58-56-54-52-50-48-43-41-39-37-35-33-31-29-27-25-23-21-19-17-15-13-11-9-7-2/h8,10,14,16,20,22,26,28,32,34,38,40,44-45,90,94H,6-7,9,11-13,15,17-19,21,23-25,27,29-31,33,35-37,39,41-43,46-89H2,1-5H3/b10-8-,16-14-,22-20-,28-26-,34-32-,40-38-,45-44-. The number of rotatable bonds is 84. The van der Waals surface area contributed by atoms with Crippen LogP contribution in [-0.2, 0) is 33.3 Å². The van der Waals surface area contributed by atoms with Gasteiger partial charge < -0.3 is 33.3 Å². The van der Waals surface area contributed by atoms with Crippen molar-refractivity contribution in [3.05, 3.63) is 85.1 Å². The highest BCUT2D eigenvalue weighted by Gasteiger charge is 2.22. The van der Waals surface area contributed by atoms with Gasteiger partial charge in [0.15, 0.2) is 12.4 Å². The van der Waals surface area contributed by atoms with E-state index in [1.54, 1.807) is 0 Å². The monoisotopic (exact) mass is 1440 g/mol. The molecule has 0 aromatic heterocycles. The van der Waals surface area contributed by atoms with Crippen molar-refractivity contribution in [1.29, 1.82) is 0 Å². The summed E-state index contributed by atoms with van der Waals surface area (Å²) in [6.45, 7) is 4.71. The Kier molecular flexibility index (Phi) is 81.2. The van der Waals surface area contributed by atoms with E-state index in [0.29, 0.717) is 23.9 Å². The second kappa shape index (κ2) is 84.1. The molecule has 0 radical (unpaired) electrons. The number of carboxylic acids is 1. The Labute approximate surface area is 640 Å². The number of esters is 2. The average Bonchev–Trinajstić information content (AvgIpc) is 1.01. The third kappa shape index (κ3) is 85.6. The van der Waals surface area contributed by atoms with Gasteiger partial charge in [-0.25, -0.2) is 0 Å². The van der Waals surface area contributed by atoms with Crippen LogP contribution in [0.2, 0.25) is 0 Å². The zero-order valence-corrected chi connectivity index (χ0v) is 68.9. The van der Waals surface area contributed by atoms with E-state index in [1.165, 1.54) is 327 Å². The van der Waals surface area contributed by atoms with Crippen molar-refractivity contribution in [2.24, 2.45) is 0 Å². The number of likely N-dealkylation sites (N-methyl/N-ethyl adjacent to an activating group) is 1. The minimum Gasteiger partial charge on any atom is -0.545 e. The Bertz CT molecular complexity index is 1980. The molecule has 0 rings (SSSR count). The Balaban J connectivity index is 3.93. The summed E-state index contributed by atoms with van der Waals surface area (Å²) in [6.07, 6.45) is 113. The van der Waals surface area contributed by atoms with Gasteiger partial charge in [-0.3, -0.25) is 9.59 Å². The minimum atomic E-state index is -1.62. The van der Waals surface area contributed by atoms with Crippen molar-refractivity contribution in [3.8, 4) is 0 Å². The van der Waals surface area contributed by atoms with Crippen molar-refractivity contribution < 1.29 is 42.9 Å². The summed E-state index contributed by atoms with van der Waals surface area (Å²) < 4.78 is 22.9. The van der Waals surface area contributed by atoms with Gasteiger partial charge >= 0.3 is 11.9 Å². The van der Waals surface area contributed by atoms with Gasteiger partial charge in [-0.2, -0.15) is 0 Å². The zero-order chi connectivity index (χ0) is 74.6. The Morgan fingerprint density at radius 1 is 0.301 bits per heavy atom. The molecular formula is C94H171NO8. The molecule has 0 saturated heterocycles. The van der Waals surface area contributed by atoms with E-state index in [0.717, 1.165) is 77.0 Å².